The highest BCUT2D eigenvalue weighted by atomic mass is 15.1. The van der Waals surface area contributed by atoms with Gasteiger partial charge in [-0.25, -0.2) is 0 Å². The molecule has 0 atom stereocenters. The van der Waals surface area contributed by atoms with E-state index in [2.05, 4.69) is 13.2 Å². The van der Waals surface area contributed by atoms with E-state index in [9.17, 15) is 0 Å². The molecular weight excluding hydrogens is 148 g/mol. The molecule has 0 rings (SSSR count). The Bertz CT molecular complexity index is 169. The van der Waals surface area contributed by atoms with Gasteiger partial charge in [-0.15, -0.1) is 0 Å². The number of rotatable bonds is 3. The van der Waals surface area contributed by atoms with E-state index in [1.807, 2.05) is 26.8 Å². The van der Waals surface area contributed by atoms with Crippen LogP contribution >= 0.6 is 0 Å². The number of nitrogens with zero attached hydrogens (tertiary/aromatic N) is 1. The highest BCUT2D eigenvalue weighted by molar-refractivity contribution is 5.91. The minimum atomic E-state index is 0.327. The van der Waals surface area contributed by atoms with Gasteiger partial charge in [-0.3, -0.25) is 5.41 Å². The lowest BCUT2D eigenvalue weighted by Gasteiger charge is -2.11. The van der Waals surface area contributed by atoms with Gasteiger partial charge in [0.05, 0.1) is 0 Å². The van der Waals surface area contributed by atoms with Crippen molar-refractivity contribution in [3.8, 4) is 0 Å². The zero-order valence-electron chi connectivity index (χ0n) is 8.17. The molecule has 2 nitrogen and oxygen atoms in total. The van der Waals surface area contributed by atoms with Crippen molar-refractivity contribution in [3.63, 3.8) is 0 Å². The van der Waals surface area contributed by atoms with Crippen LogP contribution < -0.4 is 0 Å². The fraction of sp³-hybridized carbons (Fsp3) is 0.300. The number of hydrogen-bond donors (Lipinski definition) is 1. The van der Waals surface area contributed by atoms with E-state index in [0.717, 1.165) is 0 Å². The quantitative estimate of drug-likeness (QED) is 0.506. The predicted octanol–water partition coefficient (Wildman–Crippen LogP) is 3.15. The van der Waals surface area contributed by atoms with E-state index in [1.54, 1.807) is 17.3 Å². The van der Waals surface area contributed by atoms with Gasteiger partial charge < -0.3 is 4.90 Å². The van der Waals surface area contributed by atoms with E-state index >= 15 is 0 Å². The lowest BCUT2D eigenvalue weighted by atomic mass is 10.5. The van der Waals surface area contributed by atoms with E-state index in [-0.39, 0.29) is 0 Å². The van der Waals surface area contributed by atoms with Gasteiger partial charge in [0, 0.05) is 12.4 Å². The first-order valence-electron chi connectivity index (χ1n) is 4.01. The van der Waals surface area contributed by atoms with Crippen LogP contribution in [-0.4, -0.2) is 10.7 Å². The van der Waals surface area contributed by atoms with Crippen LogP contribution in [0, 0.1) is 5.41 Å². The molecule has 12 heavy (non-hydrogen) atoms. The summed E-state index contributed by atoms with van der Waals surface area (Å²) in [5.74, 6) is 0.327. The second-order valence-electron chi connectivity index (χ2n) is 1.66. The first kappa shape index (κ1) is 13.3. The molecule has 0 aromatic carbocycles. The van der Waals surface area contributed by atoms with Crippen LogP contribution in [-0.2, 0) is 0 Å². The Hall–Kier alpha value is -1.31. The van der Waals surface area contributed by atoms with Crippen LogP contribution in [0.1, 0.15) is 20.8 Å². The molecule has 0 aliphatic carbocycles. The summed E-state index contributed by atoms with van der Waals surface area (Å²) in [6, 6.07) is 0. The SMILES string of the molecule is C=CC(=N)N(C=C)/C=C\C.CC. The second kappa shape index (κ2) is 9.69. The van der Waals surface area contributed by atoms with Crippen molar-refractivity contribution in [2.45, 2.75) is 20.8 Å². The van der Waals surface area contributed by atoms with Crippen LogP contribution in [0.4, 0.5) is 0 Å². The molecule has 0 aromatic heterocycles. The van der Waals surface area contributed by atoms with Crippen molar-refractivity contribution < 1.29 is 0 Å². The van der Waals surface area contributed by atoms with Crippen LogP contribution in [0.3, 0.4) is 0 Å². The molecule has 0 aliphatic heterocycles. The Morgan fingerprint density at radius 1 is 1.33 bits per heavy atom. The molecule has 2 heteroatoms. The minimum Gasteiger partial charge on any atom is -0.310 e. The summed E-state index contributed by atoms with van der Waals surface area (Å²) in [7, 11) is 0. The van der Waals surface area contributed by atoms with E-state index in [1.165, 1.54) is 6.08 Å². The Labute approximate surface area is 75.4 Å². The summed E-state index contributed by atoms with van der Waals surface area (Å²) in [6.07, 6.45) is 6.60. The summed E-state index contributed by atoms with van der Waals surface area (Å²) < 4.78 is 0. The van der Waals surface area contributed by atoms with Crippen LogP contribution in [0.5, 0.6) is 0 Å². The molecule has 0 heterocycles. The molecule has 0 saturated carbocycles. The van der Waals surface area contributed by atoms with E-state index < -0.39 is 0 Å². The molecule has 0 aromatic rings. The van der Waals surface area contributed by atoms with Crippen molar-refractivity contribution in [2.75, 3.05) is 0 Å². The van der Waals surface area contributed by atoms with Gasteiger partial charge in [0.15, 0.2) is 0 Å². The standard InChI is InChI=1S/C8H12N2.C2H6/c1-4-7-10(6-3)8(9)5-2;1-2/h4-7,9H,2-3H2,1H3;1-2H3/b7-4-,9-8?;. The average molecular weight is 166 g/mol. The zero-order chi connectivity index (χ0) is 9.98. The molecule has 0 aliphatic rings. The molecule has 0 unspecified atom stereocenters. The molecule has 0 spiro atoms. The van der Waals surface area contributed by atoms with Crippen LogP contribution in [0.2, 0.25) is 0 Å². The summed E-state index contributed by atoms with van der Waals surface area (Å²) in [5, 5.41) is 7.28. The van der Waals surface area contributed by atoms with Gasteiger partial charge in [-0.05, 0) is 13.0 Å². The molecule has 0 saturated heterocycles. The van der Waals surface area contributed by atoms with Gasteiger partial charge in [0.25, 0.3) is 0 Å². The predicted molar refractivity (Wildman–Crippen MR) is 56.1 cm³/mol. The molecule has 0 fully saturated rings. The van der Waals surface area contributed by atoms with Gasteiger partial charge in [-0.1, -0.05) is 33.1 Å². The average Bonchev–Trinajstić information content (AvgIpc) is 2.16. The van der Waals surface area contributed by atoms with Gasteiger partial charge in [-0.2, -0.15) is 0 Å². The second-order valence-corrected chi connectivity index (χ2v) is 1.66. The minimum absolute atomic E-state index is 0.327. The van der Waals surface area contributed by atoms with Gasteiger partial charge in [0.1, 0.15) is 5.84 Å². The molecule has 0 bridgehead atoms. The Balaban J connectivity index is 0. The third-order valence-electron chi connectivity index (χ3n) is 0.978. The fourth-order valence-electron chi connectivity index (χ4n) is 0.506. The summed E-state index contributed by atoms with van der Waals surface area (Å²) in [6.45, 7) is 12.9. The topological polar surface area (TPSA) is 27.1 Å². The third-order valence-corrected chi connectivity index (χ3v) is 0.978. The number of hydrogen-bond acceptors (Lipinski definition) is 1. The maximum Gasteiger partial charge on any atom is 0.128 e. The monoisotopic (exact) mass is 166 g/mol. The summed E-state index contributed by atoms with van der Waals surface area (Å²) >= 11 is 0. The molecular formula is C10H18N2. The Morgan fingerprint density at radius 2 is 1.83 bits per heavy atom. The fourth-order valence-corrected chi connectivity index (χ4v) is 0.506. The third kappa shape index (κ3) is 5.47. The van der Waals surface area contributed by atoms with Crippen molar-refractivity contribution in [3.05, 3.63) is 37.7 Å². The lowest BCUT2D eigenvalue weighted by Crippen LogP contribution is -2.15. The van der Waals surface area contributed by atoms with E-state index in [4.69, 9.17) is 5.41 Å². The lowest BCUT2D eigenvalue weighted by molar-refractivity contribution is 0.758. The van der Waals surface area contributed by atoms with Crippen LogP contribution in [0.15, 0.2) is 37.7 Å². The van der Waals surface area contributed by atoms with Crippen molar-refractivity contribution >= 4 is 5.84 Å². The molecule has 0 radical (unpaired) electrons. The first-order chi connectivity index (χ1) is 5.76. The highest BCUT2D eigenvalue weighted by Crippen LogP contribution is 1.92. The van der Waals surface area contributed by atoms with Gasteiger partial charge in [0.2, 0.25) is 0 Å². The van der Waals surface area contributed by atoms with Gasteiger partial charge >= 0.3 is 0 Å². The van der Waals surface area contributed by atoms with Crippen LogP contribution in [0.25, 0.3) is 0 Å². The summed E-state index contributed by atoms with van der Waals surface area (Å²) in [5.41, 5.74) is 0. The highest BCUT2D eigenvalue weighted by Gasteiger charge is 1.93. The Morgan fingerprint density at radius 3 is 2.08 bits per heavy atom. The molecule has 1 N–H and O–H groups in total. The number of nitrogens with one attached hydrogen (secondary N) is 1. The Kier molecular flexibility index (Phi) is 10.7. The zero-order valence-corrected chi connectivity index (χ0v) is 8.17. The maximum absolute atomic E-state index is 7.28. The molecule has 0 amide bonds. The van der Waals surface area contributed by atoms with Crippen molar-refractivity contribution in [1.82, 2.24) is 4.90 Å². The summed E-state index contributed by atoms with van der Waals surface area (Å²) in [4.78, 5) is 1.58. The largest absolute Gasteiger partial charge is 0.310 e. The van der Waals surface area contributed by atoms with E-state index in [0.29, 0.717) is 5.84 Å². The number of allylic oxidation sites excluding steroid dienone is 1. The number of amidine groups is 1. The first-order valence-corrected chi connectivity index (χ1v) is 4.01. The maximum atomic E-state index is 7.28. The smallest absolute Gasteiger partial charge is 0.128 e. The van der Waals surface area contributed by atoms with Crippen molar-refractivity contribution in [2.24, 2.45) is 0 Å². The normalized spacial score (nSPS) is 8.25. The van der Waals surface area contributed by atoms with Crippen molar-refractivity contribution in [1.29, 1.82) is 5.41 Å². The molecule has 68 valence electrons.